The minimum Gasteiger partial charge on any atom is -0.369 e. The average Bonchev–Trinajstić information content (AvgIpc) is 2.39. The van der Waals surface area contributed by atoms with Gasteiger partial charge in [-0.3, -0.25) is 9.69 Å². The summed E-state index contributed by atoms with van der Waals surface area (Å²) in [6, 6.07) is 4.05. The topological polar surface area (TPSA) is 75.3 Å². The first kappa shape index (κ1) is 13.7. The lowest BCUT2D eigenvalue weighted by atomic mass is 10.1. The minimum absolute atomic E-state index is 0.269. The molecule has 6 heteroatoms. The highest BCUT2D eigenvalue weighted by molar-refractivity contribution is 5.75. The third-order valence-electron chi connectivity index (χ3n) is 3.34. The number of nitrogens with zero attached hydrogens (tertiary/aromatic N) is 4. The van der Waals surface area contributed by atoms with E-state index in [-0.39, 0.29) is 5.91 Å². The molecule has 0 radical (unpaired) electrons. The molecular formula is C13H21N5O. The molecule has 0 saturated carbocycles. The van der Waals surface area contributed by atoms with E-state index in [1.165, 1.54) is 0 Å². The first-order valence-electron chi connectivity index (χ1n) is 6.65. The fourth-order valence-corrected chi connectivity index (χ4v) is 2.17. The predicted octanol–water partition coefficient (Wildman–Crippen LogP) is 0.207. The quantitative estimate of drug-likeness (QED) is 0.840. The van der Waals surface area contributed by atoms with Crippen molar-refractivity contribution in [3.63, 3.8) is 0 Å². The van der Waals surface area contributed by atoms with E-state index in [1.54, 1.807) is 0 Å². The number of carbonyl (C=O) groups excluding carboxylic acids is 1. The minimum atomic E-state index is -0.269. The Labute approximate surface area is 113 Å². The number of carbonyl (C=O) groups is 1. The van der Waals surface area contributed by atoms with E-state index >= 15 is 0 Å². The highest BCUT2D eigenvalue weighted by Gasteiger charge is 2.19. The highest BCUT2D eigenvalue weighted by Crippen LogP contribution is 2.16. The molecule has 2 heterocycles. The van der Waals surface area contributed by atoms with Gasteiger partial charge >= 0.3 is 0 Å². The number of aromatic nitrogens is 2. The van der Waals surface area contributed by atoms with Crippen molar-refractivity contribution in [3.8, 4) is 0 Å². The molecule has 1 aliphatic heterocycles. The van der Waals surface area contributed by atoms with Crippen molar-refractivity contribution in [1.82, 2.24) is 15.1 Å². The number of hydrogen-bond acceptors (Lipinski definition) is 5. The van der Waals surface area contributed by atoms with E-state index < -0.39 is 0 Å². The normalized spacial score (nSPS) is 16.9. The van der Waals surface area contributed by atoms with Gasteiger partial charge in [0.05, 0.1) is 12.2 Å². The fourth-order valence-electron chi connectivity index (χ4n) is 2.17. The molecule has 0 atom stereocenters. The van der Waals surface area contributed by atoms with Gasteiger partial charge in [-0.2, -0.15) is 5.10 Å². The van der Waals surface area contributed by atoms with Crippen LogP contribution >= 0.6 is 0 Å². The molecule has 104 valence electrons. The van der Waals surface area contributed by atoms with Crippen LogP contribution < -0.4 is 10.6 Å². The third-order valence-corrected chi connectivity index (χ3v) is 3.34. The van der Waals surface area contributed by atoms with Crippen LogP contribution in [0.5, 0.6) is 0 Å². The molecule has 1 aromatic rings. The maximum Gasteiger partial charge on any atom is 0.231 e. The number of primary amides is 1. The van der Waals surface area contributed by atoms with Gasteiger partial charge in [0.2, 0.25) is 5.91 Å². The molecule has 1 saturated heterocycles. The van der Waals surface area contributed by atoms with Crippen molar-refractivity contribution in [3.05, 3.63) is 17.8 Å². The van der Waals surface area contributed by atoms with E-state index in [0.29, 0.717) is 12.5 Å². The predicted molar refractivity (Wildman–Crippen MR) is 74.0 cm³/mol. The first-order valence-corrected chi connectivity index (χ1v) is 6.65. The van der Waals surface area contributed by atoms with Crippen LogP contribution in [0.3, 0.4) is 0 Å². The second kappa shape index (κ2) is 5.97. The van der Waals surface area contributed by atoms with Crippen molar-refractivity contribution in [2.45, 2.75) is 19.8 Å². The lowest BCUT2D eigenvalue weighted by molar-refractivity contribution is -0.119. The molecule has 19 heavy (non-hydrogen) atoms. The van der Waals surface area contributed by atoms with E-state index in [1.807, 2.05) is 12.1 Å². The zero-order chi connectivity index (χ0) is 13.8. The second-order valence-corrected chi connectivity index (χ2v) is 5.20. The molecule has 1 amide bonds. The summed E-state index contributed by atoms with van der Waals surface area (Å²) >= 11 is 0. The van der Waals surface area contributed by atoms with Crippen LogP contribution in [0.4, 0.5) is 5.82 Å². The van der Waals surface area contributed by atoms with Gasteiger partial charge < -0.3 is 10.6 Å². The van der Waals surface area contributed by atoms with Gasteiger partial charge in [0, 0.05) is 26.2 Å². The molecule has 1 fully saturated rings. The maximum atomic E-state index is 10.9. The summed E-state index contributed by atoms with van der Waals surface area (Å²) in [4.78, 5) is 15.1. The lowest BCUT2D eigenvalue weighted by Crippen LogP contribution is -2.49. The molecule has 1 aliphatic rings. The Bertz CT molecular complexity index is 423. The van der Waals surface area contributed by atoms with Crippen molar-refractivity contribution in [2.75, 3.05) is 37.6 Å². The number of rotatable bonds is 4. The number of hydrogen-bond donors (Lipinski definition) is 1. The van der Waals surface area contributed by atoms with Crippen molar-refractivity contribution in [2.24, 2.45) is 5.73 Å². The number of piperazine rings is 1. The van der Waals surface area contributed by atoms with E-state index in [0.717, 1.165) is 37.7 Å². The molecule has 0 aliphatic carbocycles. The summed E-state index contributed by atoms with van der Waals surface area (Å²) in [5.41, 5.74) is 6.21. The molecule has 0 bridgehead atoms. The van der Waals surface area contributed by atoms with Crippen LogP contribution in [-0.4, -0.2) is 53.7 Å². The number of amides is 1. The Morgan fingerprint density at radius 2 is 1.95 bits per heavy atom. The summed E-state index contributed by atoms with van der Waals surface area (Å²) < 4.78 is 0. The molecule has 0 spiro atoms. The Kier molecular flexibility index (Phi) is 4.31. The Hall–Kier alpha value is -1.69. The average molecular weight is 263 g/mol. The first-order chi connectivity index (χ1) is 9.06. The molecule has 0 aromatic carbocycles. The van der Waals surface area contributed by atoms with E-state index in [9.17, 15) is 4.79 Å². The Balaban J connectivity index is 1.92. The van der Waals surface area contributed by atoms with Crippen LogP contribution in [0.2, 0.25) is 0 Å². The van der Waals surface area contributed by atoms with Crippen LogP contribution in [0.25, 0.3) is 0 Å². The Morgan fingerprint density at radius 3 is 2.42 bits per heavy atom. The van der Waals surface area contributed by atoms with Gasteiger partial charge in [0.1, 0.15) is 0 Å². The number of anilines is 1. The van der Waals surface area contributed by atoms with Gasteiger partial charge in [-0.05, 0) is 18.1 Å². The van der Waals surface area contributed by atoms with E-state index in [4.69, 9.17) is 5.73 Å². The largest absolute Gasteiger partial charge is 0.369 e. The maximum absolute atomic E-state index is 10.9. The molecule has 2 rings (SSSR count). The highest BCUT2D eigenvalue weighted by atomic mass is 16.1. The summed E-state index contributed by atoms with van der Waals surface area (Å²) in [7, 11) is 0. The van der Waals surface area contributed by atoms with Crippen molar-refractivity contribution in [1.29, 1.82) is 0 Å². The lowest BCUT2D eigenvalue weighted by Gasteiger charge is -2.34. The summed E-state index contributed by atoms with van der Waals surface area (Å²) in [6.07, 6.45) is 0. The zero-order valence-electron chi connectivity index (χ0n) is 11.5. The van der Waals surface area contributed by atoms with Crippen LogP contribution in [0, 0.1) is 0 Å². The van der Waals surface area contributed by atoms with E-state index in [2.05, 4.69) is 33.8 Å². The molecular weight excluding hydrogens is 242 g/mol. The fraction of sp³-hybridized carbons (Fsp3) is 0.615. The molecule has 1 aromatic heterocycles. The summed E-state index contributed by atoms with van der Waals surface area (Å²) in [6.45, 7) is 7.91. The standard InChI is InChI=1S/C13H21N5O/c1-10(2)11-3-4-13(16-15-11)18-7-5-17(6-8-18)9-12(14)19/h3-4,10H,5-9H2,1-2H3,(H2,14,19). The van der Waals surface area contributed by atoms with Crippen LogP contribution in [0.15, 0.2) is 12.1 Å². The summed E-state index contributed by atoms with van der Waals surface area (Å²) in [5, 5.41) is 8.52. The second-order valence-electron chi connectivity index (χ2n) is 5.20. The third kappa shape index (κ3) is 3.64. The summed E-state index contributed by atoms with van der Waals surface area (Å²) in [5.74, 6) is 1.03. The van der Waals surface area contributed by atoms with Gasteiger partial charge in [0.25, 0.3) is 0 Å². The zero-order valence-corrected chi connectivity index (χ0v) is 11.5. The molecule has 2 N–H and O–H groups in total. The van der Waals surface area contributed by atoms with Crippen LogP contribution in [-0.2, 0) is 4.79 Å². The molecule has 0 unspecified atom stereocenters. The smallest absolute Gasteiger partial charge is 0.231 e. The van der Waals surface area contributed by atoms with Crippen molar-refractivity contribution < 1.29 is 4.79 Å². The van der Waals surface area contributed by atoms with Crippen molar-refractivity contribution >= 4 is 11.7 Å². The monoisotopic (exact) mass is 263 g/mol. The molecule has 6 nitrogen and oxygen atoms in total. The van der Waals surface area contributed by atoms with Crippen LogP contribution in [0.1, 0.15) is 25.5 Å². The van der Waals surface area contributed by atoms with Gasteiger partial charge in [0.15, 0.2) is 5.82 Å². The SMILES string of the molecule is CC(C)c1ccc(N2CCN(CC(N)=O)CC2)nn1. The van der Waals surface area contributed by atoms with Gasteiger partial charge in [-0.15, -0.1) is 5.10 Å². The van der Waals surface area contributed by atoms with Gasteiger partial charge in [-0.1, -0.05) is 13.8 Å². The Morgan fingerprint density at radius 1 is 1.26 bits per heavy atom. The number of nitrogens with two attached hydrogens (primary N) is 1. The van der Waals surface area contributed by atoms with Gasteiger partial charge in [-0.25, -0.2) is 0 Å².